The van der Waals surface area contributed by atoms with Gasteiger partial charge in [-0.25, -0.2) is 4.79 Å². The average Bonchev–Trinajstić information content (AvgIpc) is 3.02. The highest BCUT2D eigenvalue weighted by Gasteiger charge is 2.29. The van der Waals surface area contributed by atoms with Crippen molar-refractivity contribution < 1.29 is 29.3 Å². The first-order valence-corrected chi connectivity index (χ1v) is 15.6. The van der Waals surface area contributed by atoms with Crippen LogP contribution in [0.3, 0.4) is 0 Å². The van der Waals surface area contributed by atoms with Crippen LogP contribution in [-0.4, -0.2) is 46.4 Å². The molecule has 0 saturated carbocycles. The number of rotatable bonds is 14. The van der Waals surface area contributed by atoms with E-state index in [2.05, 4.69) is 29.2 Å². The molecule has 5 rings (SSSR count). The van der Waals surface area contributed by atoms with Crippen LogP contribution in [0.1, 0.15) is 105 Å². The Morgan fingerprint density at radius 3 is 2.47 bits per heavy atom. The summed E-state index contributed by atoms with van der Waals surface area (Å²) in [5.41, 5.74) is 7.43. The molecule has 0 aliphatic heterocycles. The fourth-order valence-corrected chi connectivity index (χ4v) is 6.88. The number of carbonyl (C=O) groups is 3. The smallest absolute Gasteiger partial charge is 0.336 e. The minimum absolute atomic E-state index is 0.0269. The molecule has 0 saturated heterocycles. The first-order chi connectivity index (χ1) is 21.0. The van der Waals surface area contributed by atoms with Gasteiger partial charge in [-0.1, -0.05) is 42.5 Å². The molecule has 226 valence electrons. The summed E-state index contributed by atoms with van der Waals surface area (Å²) in [6, 6.07) is 18.2. The standard InChI is InChI=1S/C36H41NO6/c38-23-32-29-14-8-15-33(30(29)18-19-31(32)36(41)42)37(21-6-5-17-35(39)40)22-20-26-10-2-4-16-34(26)43-24-27-12-7-11-25-9-1-3-13-28(25)27/h2,4,7,10-12,16,18-19,23,33H,1,3,5-6,8-9,13-15,17,20-22,24H2,(H,39,40)(H,41,42)/t33-/m0/s1. The molecule has 0 spiro atoms. The minimum Gasteiger partial charge on any atom is -0.489 e. The Morgan fingerprint density at radius 2 is 1.65 bits per heavy atom. The largest absolute Gasteiger partial charge is 0.489 e. The van der Waals surface area contributed by atoms with E-state index >= 15 is 0 Å². The van der Waals surface area contributed by atoms with Crippen LogP contribution in [0.15, 0.2) is 54.6 Å². The van der Waals surface area contributed by atoms with Gasteiger partial charge in [0.15, 0.2) is 6.29 Å². The van der Waals surface area contributed by atoms with Gasteiger partial charge in [0.25, 0.3) is 0 Å². The predicted octanol–water partition coefficient (Wildman–Crippen LogP) is 6.83. The molecule has 0 fully saturated rings. The molecule has 43 heavy (non-hydrogen) atoms. The SMILES string of the molecule is O=Cc1c(C(=O)O)ccc2c1CCC[C@@H]2N(CCCCC(=O)O)CCc1ccccc1OCc1cccc2c1CCCC2. The van der Waals surface area contributed by atoms with Crippen molar-refractivity contribution in [1.29, 1.82) is 0 Å². The van der Waals surface area contributed by atoms with E-state index in [4.69, 9.17) is 9.84 Å². The molecule has 0 radical (unpaired) electrons. The van der Waals surface area contributed by atoms with Crippen molar-refractivity contribution in [3.05, 3.63) is 99.1 Å². The van der Waals surface area contributed by atoms with E-state index in [0.717, 1.165) is 67.5 Å². The topological polar surface area (TPSA) is 104 Å². The van der Waals surface area contributed by atoms with Gasteiger partial charge in [-0.2, -0.15) is 0 Å². The molecule has 0 amide bonds. The van der Waals surface area contributed by atoms with Crippen molar-refractivity contribution >= 4 is 18.2 Å². The first-order valence-electron chi connectivity index (χ1n) is 15.6. The number of para-hydroxylation sites is 1. The molecule has 0 heterocycles. The number of aldehydes is 1. The zero-order chi connectivity index (χ0) is 30.2. The Kier molecular flexibility index (Phi) is 10.3. The van der Waals surface area contributed by atoms with Crippen LogP contribution in [0, 0.1) is 0 Å². The predicted molar refractivity (Wildman–Crippen MR) is 165 cm³/mol. The van der Waals surface area contributed by atoms with Gasteiger partial charge in [0.1, 0.15) is 12.4 Å². The molecule has 1 atom stereocenters. The second-order valence-corrected chi connectivity index (χ2v) is 11.7. The fourth-order valence-electron chi connectivity index (χ4n) is 6.88. The molecule has 0 unspecified atom stereocenters. The molecule has 3 aromatic rings. The van der Waals surface area contributed by atoms with Crippen molar-refractivity contribution in [1.82, 2.24) is 4.90 Å². The monoisotopic (exact) mass is 583 g/mol. The summed E-state index contributed by atoms with van der Waals surface area (Å²) in [5.74, 6) is -1.01. The van der Waals surface area contributed by atoms with Gasteiger partial charge in [-0.05, 0) is 116 Å². The Balaban J connectivity index is 1.35. The fraction of sp³-hybridized carbons (Fsp3) is 0.417. The molecular weight excluding hydrogens is 542 g/mol. The van der Waals surface area contributed by atoms with E-state index < -0.39 is 11.9 Å². The highest BCUT2D eigenvalue weighted by atomic mass is 16.5. The number of hydrogen-bond donors (Lipinski definition) is 2. The van der Waals surface area contributed by atoms with Crippen LogP contribution in [0.4, 0.5) is 0 Å². The lowest BCUT2D eigenvalue weighted by atomic mass is 9.82. The molecule has 2 aliphatic rings. The van der Waals surface area contributed by atoms with E-state index in [1.165, 1.54) is 29.5 Å². The van der Waals surface area contributed by atoms with Crippen LogP contribution in [0.2, 0.25) is 0 Å². The Bertz CT molecular complexity index is 1460. The van der Waals surface area contributed by atoms with E-state index in [-0.39, 0.29) is 23.6 Å². The van der Waals surface area contributed by atoms with Crippen molar-refractivity contribution in [3.63, 3.8) is 0 Å². The highest BCUT2D eigenvalue weighted by molar-refractivity contribution is 5.98. The number of aliphatic carboxylic acids is 1. The number of nitrogens with zero attached hydrogens (tertiary/aromatic N) is 1. The zero-order valence-electron chi connectivity index (χ0n) is 24.7. The molecule has 2 N–H and O–H groups in total. The molecule has 2 aliphatic carbocycles. The average molecular weight is 584 g/mol. The number of aryl methyl sites for hydroxylation is 1. The lowest BCUT2D eigenvalue weighted by Crippen LogP contribution is -2.34. The Labute approximate surface area is 253 Å². The van der Waals surface area contributed by atoms with Gasteiger partial charge in [-0.3, -0.25) is 14.5 Å². The number of carbonyl (C=O) groups excluding carboxylic acids is 1. The molecular formula is C36H41NO6. The third kappa shape index (κ3) is 7.34. The van der Waals surface area contributed by atoms with Crippen LogP contribution in [0.5, 0.6) is 5.75 Å². The number of ether oxygens (including phenoxy) is 1. The summed E-state index contributed by atoms with van der Waals surface area (Å²) >= 11 is 0. The van der Waals surface area contributed by atoms with Gasteiger partial charge in [0, 0.05) is 24.6 Å². The number of hydrogen-bond acceptors (Lipinski definition) is 5. The lowest BCUT2D eigenvalue weighted by molar-refractivity contribution is -0.137. The van der Waals surface area contributed by atoms with E-state index in [1.807, 2.05) is 24.3 Å². The van der Waals surface area contributed by atoms with E-state index in [0.29, 0.717) is 32.3 Å². The van der Waals surface area contributed by atoms with Gasteiger partial charge in [0.2, 0.25) is 0 Å². The Hall–Kier alpha value is -3.97. The maximum Gasteiger partial charge on any atom is 0.336 e. The minimum atomic E-state index is -1.09. The van der Waals surface area contributed by atoms with Crippen molar-refractivity contribution in [3.8, 4) is 5.75 Å². The molecule has 3 aromatic carbocycles. The van der Waals surface area contributed by atoms with Crippen molar-refractivity contribution in [2.75, 3.05) is 13.1 Å². The second kappa shape index (κ2) is 14.5. The molecule has 0 aromatic heterocycles. The third-order valence-electron chi connectivity index (χ3n) is 9.05. The maximum absolute atomic E-state index is 12.0. The quantitative estimate of drug-likeness (QED) is 0.158. The number of unbranched alkanes of at least 4 members (excludes halogenated alkanes) is 1. The van der Waals surface area contributed by atoms with Gasteiger partial charge in [-0.15, -0.1) is 0 Å². The van der Waals surface area contributed by atoms with Crippen LogP contribution >= 0.6 is 0 Å². The number of aromatic carboxylic acids is 1. The number of fused-ring (bicyclic) bond motifs is 2. The molecule has 7 nitrogen and oxygen atoms in total. The number of carboxylic acids is 2. The summed E-state index contributed by atoms with van der Waals surface area (Å²) in [4.78, 5) is 37.3. The maximum atomic E-state index is 12.0. The first kappa shape index (κ1) is 30.5. The summed E-state index contributed by atoms with van der Waals surface area (Å²) in [6.07, 6.45) is 10.0. The number of carboxylic acid groups (broad SMARTS) is 2. The Morgan fingerprint density at radius 1 is 0.860 bits per heavy atom. The van der Waals surface area contributed by atoms with Gasteiger partial charge < -0.3 is 14.9 Å². The summed E-state index contributed by atoms with van der Waals surface area (Å²) in [5, 5.41) is 18.8. The molecule has 0 bridgehead atoms. The third-order valence-corrected chi connectivity index (χ3v) is 9.05. The van der Waals surface area contributed by atoms with Crippen LogP contribution in [0.25, 0.3) is 0 Å². The van der Waals surface area contributed by atoms with E-state index in [9.17, 15) is 19.5 Å². The van der Waals surface area contributed by atoms with E-state index in [1.54, 1.807) is 6.07 Å². The lowest BCUT2D eigenvalue weighted by Gasteiger charge is -2.37. The van der Waals surface area contributed by atoms with Gasteiger partial charge >= 0.3 is 11.9 Å². The van der Waals surface area contributed by atoms with Crippen molar-refractivity contribution in [2.24, 2.45) is 0 Å². The molecule has 7 heteroatoms. The van der Waals surface area contributed by atoms with Gasteiger partial charge in [0.05, 0.1) is 5.56 Å². The number of benzene rings is 3. The summed E-state index contributed by atoms with van der Waals surface area (Å²) < 4.78 is 6.44. The summed E-state index contributed by atoms with van der Waals surface area (Å²) in [7, 11) is 0. The second-order valence-electron chi connectivity index (χ2n) is 11.7. The summed E-state index contributed by atoms with van der Waals surface area (Å²) in [6.45, 7) is 1.98. The van der Waals surface area contributed by atoms with Crippen LogP contribution < -0.4 is 4.74 Å². The zero-order valence-corrected chi connectivity index (χ0v) is 24.7. The van der Waals surface area contributed by atoms with Crippen molar-refractivity contribution in [2.45, 2.75) is 83.3 Å². The van der Waals surface area contributed by atoms with Crippen LogP contribution in [-0.2, 0) is 37.1 Å². The normalized spacial score (nSPS) is 15.9. The highest BCUT2D eigenvalue weighted by Crippen LogP contribution is 2.37.